The van der Waals surface area contributed by atoms with E-state index in [1.54, 1.807) is 0 Å². The summed E-state index contributed by atoms with van der Waals surface area (Å²) < 4.78 is 2.40. The summed E-state index contributed by atoms with van der Waals surface area (Å²) in [6, 6.07) is 30.4. The molecule has 0 spiro atoms. The van der Waals surface area contributed by atoms with Crippen molar-refractivity contribution in [2.75, 3.05) is 6.54 Å². The summed E-state index contributed by atoms with van der Waals surface area (Å²) in [5.41, 5.74) is 5.90. The summed E-state index contributed by atoms with van der Waals surface area (Å²) in [6.45, 7) is 2.12. The summed E-state index contributed by atoms with van der Waals surface area (Å²) in [5.74, 6) is 1.03. The summed E-state index contributed by atoms with van der Waals surface area (Å²) in [6.07, 6.45) is 7.31. The first-order valence-corrected chi connectivity index (χ1v) is 11.4. The van der Waals surface area contributed by atoms with Gasteiger partial charge in [-0.25, -0.2) is 4.98 Å². The van der Waals surface area contributed by atoms with Crippen LogP contribution in [-0.4, -0.2) is 22.1 Å². The number of hydrogen-bond acceptors (Lipinski definition) is 2. The molecule has 3 heteroatoms. The van der Waals surface area contributed by atoms with Crippen LogP contribution in [-0.2, 0) is 6.54 Å². The zero-order chi connectivity index (χ0) is 20.9. The average Bonchev–Trinajstić information content (AvgIpc) is 3.20. The van der Waals surface area contributed by atoms with Crippen molar-refractivity contribution < 1.29 is 0 Å². The van der Waals surface area contributed by atoms with Crippen LogP contribution in [0.5, 0.6) is 0 Å². The molecule has 3 aromatic carbocycles. The second-order valence-electron chi connectivity index (χ2n) is 8.34. The Morgan fingerprint density at radius 1 is 0.871 bits per heavy atom. The van der Waals surface area contributed by atoms with Gasteiger partial charge < -0.3 is 9.88 Å². The molecule has 0 amide bonds. The van der Waals surface area contributed by atoms with E-state index in [4.69, 9.17) is 4.98 Å². The van der Waals surface area contributed by atoms with Crippen molar-refractivity contribution >= 4 is 22.7 Å². The maximum atomic E-state index is 5.03. The molecule has 1 aromatic heterocycles. The molecule has 5 rings (SSSR count). The second kappa shape index (κ2) is 9.32. The van der Waals surface area contributed by atoms with Gasteiger partial charge in [-0.05, 0) is 60.7 Å². The largest absolute Gasteiger partial charge is 0.324 e. The Balaban J connectivity index is 1.58. The zero-order valence-electron chi connectivity index (χ0n) is 17.9. The van der Waals surface area contributed by atoms with E-state index in [2.05, 4.69) is 101 Å². The minimum atomic E-state index is 0.606. The third-order valence-corrected chi connectivity index (χ3v) is 6.24. The number of piperidine rings is 1. The molecule has 1 saturated heterocycles. The van der Waals surface area contributed by atoms with Gasteiger partial charge >= 0.3 is 0 Å². The Bertz CT molecular complexity index is 1110. The average molecular weight is 408 g/mol. The quantitative estimate of drug-likeness (QED) is 0.415. The lowest BCUT2D eigenvalue weighted by atomic mass is 9.97. The van der Waals surface area contributed by atoms with Crippen molar-refractivity contribution in [1.29, 1.82) is 0 Å². The number of aryl methyl sites for hydroxylation is 1. The van der Waals surface area contributed by atoms with Crippen LogP contribution < -0.4 is 5.32 Å². The Morgan fingerprint density at radius 3 is 2.23 bits per heavy atom. The molecular formula is C28H29N3. The van der Waals surface area contributed by atoms with Gasteiger partial charge in [0.15, 0.2) is 0 Å². The number of nitrogens with zero attached hydrogens (tertiary/aromatic N) is 2. The van der Waals surface area contributed by atoms with Crippen LogP contribution in [0.3, 0.4) is 0 Å². The molecule has 31 heavy (non-hydrogen) atoms. The number of rotatable bonds is 6. The number of nitrogens with one attached hydrogen (secondary N) is 1. The molecule has 3 nitrogen and oxygen atoms in total. The third kappa shape index (κ3) is 4.47. The van der Waals surface area contributed by atoms with Gasteiger partial charge in [-0.3, -0.25) is 0 Å². The summed E-state index contributed by atoms with van der Waals surface area (Å²) in [7, 11) is 0. The molecule has 0 bridgehead atoms. The molecule has 0 aliphatic carbocycles. The summed E-state index contributed by atoms with van der Waals surface area (Å²) in [5, 5.41) is 3.69. The van der Waals surface area contributed by atoms with Gasteiger partial charge in [0, 0.05) is 12.6 Å². The van der Waals surface area contributed by atoms with E-state index in [1.807, 2.05) is 0 Å². The van der Waals surface area contributed by atoms with E-state index in [-0.39, 0.29) is 0 Å². The number of hydrogen-bond donors (Lipinski definition) is 1. The molecule has 1 unspecified atom stereocenters. The molecule has 0 radical (unpaired) electrons. The monoisotopic (exact) mass is 407 g/mol. The van der Waals surface area contributed by atoms with Crippen molar-refractivity contribution in [3.8, 4) is 0 Å². The summed E-state index contributed by atoms with van der Waals surface area (Å²) >= 11 is 0. The molecule has 1 atom stereocenters. The van der Waals surface area contributed by atoms with Gasteiger partial charge in [-0.15, -0.1) is 0 Å². The Kier molecular flexibility index (Phi) is 5.94. The molecule has 0 saturated carbocycles. The van der Waals surface area contributed by atoms with Crippen LogP contribution in [0.4, 0.5) is 0 Å². The van der Waals surface area contributed by atoms with Crippen molar-refractivity contribution in [3.05, 3.63) is 102 Å². The van der Waals surface area contributed by atoms with Crippen molar-refractivity contribution in [3.63, 3.8) is 0 Å². The van der Waals surface area contributed by atoms with Gasteiger partial charge in [0.2, 0.25) is 0 Å². The minimum Gasteiger partial charge on any atom is -0.324 e. The number of imidazole rings is 1. The number of benzene rings is 3. The van der Waals surface area contributed by atoms with E-state index in [0.29, 0.717) is 6.04 Å². The zero-order valence-corrected chi connectivity index (χ0v) is 17.9. The van der Waals surface area contributed by atoms with Crippen LogP contribution in [0, 0.1) is 0 Å². The van der Waals surface area contributed by atoms with Gasteiger partial charge in [0.1, 0.15) is 5.82 Å². The highest BCUT2D eigenvalue weighted by Gasteiger charge is 2.16. The molecule has 156 valence electrons. The van der Waals surface area contributed by atoms with Crippen molar-refractivity contribution in [1.82, 2.24) is 14.9 Å². The maximum absolute atomic E-state index is 5.03. The lowest BCUT2D eigenvalue weighted by Gasteiger charge is -2.24. The third-order valence-electron chi connectivity index (χ3n) is 6.24. The first-order chi connectivity index (χ1) is 15.4. The van der Waals surface area contributed by atoms with Gasteiger partial charge in [0.25, 0.3) is 0 Å². The molecule has 1 fully saturated rings. The second-order valence-corrected chi connectivity index (χ2v) is 8.34. The normalized spacial score (nSPS) is 16.3. The van der Waals surface area contributed by atoms with Gasteiger partial charge in [-0.1, -0.05) is 79.2 Å². The minimum absolute atomic E-state index is 0.606. The molecular weight excluding hydrogens is 378 g/mol. The van der Waals surface area contributed by atoms with E-state index in [1.165, 1.54) is 41.5 Å². The Hall–Kier alpha value is -3.17. The number of fused-ring (bicyclic) bond motifs is 1. The highest BCUT2D eigenvalue weighted by atomic mass is 15.1. The first kappa shape index (κ1) is 19.8. The smallest absolute Gasteiger partial charge is 0.134 e. The van der Waals surface area contributed by atoms with Gasteiger partial charge in [0.05, 0.1) is 11.0 Å². The van der Waals surface area contributed by atoms with Crippen LogP contribution in [0.25, 0.3) is 22.7 Å². The lowest BCUT2D eigenvalue weighted by Crippen LogP contribution is -2.34. The van der Waals surface area contributed by atoms with Crippen LogP contribution >= 0.6 is 0 Å². The predicted molar refractivity (Wildman–Crippen MR) is 130 cm³/mol. The molecule has 1 aliphatic heterocycles. The molecule has 1 N–H and O–H groups in total. The van der Waals surface area contributed by atoms with Crippen LogP contribution in [0.2, 0.25) is 0 Å². The fourth-order valence-electron chi connectivity index (χ4n) is 4.59. The maximum Gasteiger partial charge on any atom is 0.134 e. The predicted octanol–water partition coefficient (Wildman–Crippen LogP) is 6.16. The van der Waals surface area contributed by atoms with E-state index < -0.39 is 0 Å². The fourth-order valence-corrected chi connectivity index (χ4v) is 4.59. The van der Waals surface area contributed by atoms with Crippen LogP contribution in [0.1, 0.15) is 42.6 Å². The standard InChI is InChI=1S/C28H29N3/c1-3-11-22(12-4-1)25(23-13-5-2-6-14-23)21-28-30-26-16-7-8-17-27(26)31(28)20-18-24-15-9-10-19-29-24/h1-8,11-14,16-17,21,24,29H,9-10,15,18-20H2. The van der Waals surface area contributed by atoms with E-state index in [0.717, 1.165) is 30.9 Å². The van der Waals surface area contributed by atoms with Gasteiger partial charge in [-0.2, -0.15) is 0 Å². The Labute approximate surface area is 184 Å². The highest BCUT2D eigenvalue weighted by molar-refractivity contribution is 5.92. The van der Waals surface area contributed by atoms with Crippen molar-refractivity contribution in [2.24, 2.45) is 0 Å². The van der Waals surface area contributed by atoms with Crippen LogP contribution in [0.15, 0.2) is 84.9 Å². The lowest BCUT2D eigenvalue weighted by molar-refractivity contribution is 0.368. The molecule has 2 heterocycles. The first-order valence-electron chi connectivity index (χ1n) is 11.4. The Morgan fingerprint density at radius 2 is 1.55 bits per heavy atom. The van der Waals surface area contributed by atoms with E-state index in [9.17, 15) is 0 Å². The fraction of sp³-hybridized carbons (Fsp3) is 0.250. The van der Waals surface area contributed by atoms with Crippen molar-refractivity contribution in [2.45, 2.75) is 38.3 Å². The number of para-hydroxylation sites is 2. The van der Waals surface area contributed by atoms with E-state index >= 15 is 0 Å². The SMILES string of the molecule is C(=C(c1ccccc1)c1ccccc1)c1nc2ccccc2n1CCC1CCCCN1. The number of aromatic nitrogens is 2. The highest BCUT2D eigenvalue weighted by Crippen LogP contribution is 2.28. The molecule has 4 aromatic rings. The topological polar surface area (TPSA) is 29.9 Å². The molecule has 1 aliphatic rings. The summed E-state index contributed by atoms with van der Waals surface area (Å²) in [4.78, 5) is 5.03.